The Kier molecular flexibility index (Phi) is 5.11. The fourth-order valence-electron chi connectivity index (χ4n) is 2.88. The number of fused-ring (bicyclic) bond motifs is 1. The van der Waals surface area contributed by atoms with Gasteiger partial charge in [-0.15, -0.1) is 0 Å². The summed E-state index contributed by atoms with van der Waals surface area (Å²) in [6.45, 7) is 0. The van der Waals surface area contributed by atoms with Gasteiger partial charge in [-0.25, -0.2) is 0 Å². The number of imide groups is 1. The van der Waals surface area contributed by atoms with Crippen LogP contribution in [0.25, 0.3) is 0 Å². The molecule has 4 rings (SSSR count). The van der Waals surface area contributed by atoms with E-state index < -0.39 is 0 Å². The average Bonchev–Trinajstić information content (AvgIpc) is 2.90. The van der Waals surface area contributed by atoms with E-state index in [0.29, 0.717) is 11.1 Å². The molecule has 3 aliphatic heterocycles. The number of anilines is 2. The highest BCUT2D eigenvalue weighted by Gasteiger charge is 2.29. The summed E-state index contributed by atoms with van der Waals surface area (Å²) in [7, 11) is 0. The van der Waals surface area contributed by atoms with Gasteiger partial charge in [-0.2, -0.15) is 0 Å². The summed E-state index contributed by atoms with van der Waals surface area (Å²) >= 11 is 0.181. The van der Waals surface area contributed by atoms with Gasteiger partial charge in [0.25, 0.3) is 11.8 Å². The Hall–Kier alpha value is -1.36. The maximum atomic E-state index is 12.0. The van der Waals surface area contributed by atoms with E-state index in [1.807, 2.05) is 0 Å². The number of carbonyl (C=O) groups excluding carboxylic acids is 2. The number of nitrogens with one attached hydrogen (secondary N) is 3. The van der Waals surface area contributed by atoms with Crippen molar-refractivity contribution in [2.24, 2.45) is 0 Å². The third-order valence-corrected chi connectivity index (χ3v) is 7.87. The summed E-state index contributed by atoms with van der Waals surface area (Å²) in [5.41, 5.74) is 2.65. The summed E-state index contributed by atoms with van der Waals surface area (Å²) in [5, 5.41) is 9.42. The molecule has 0 aliphatic carbocycles. The first-order valence-corrected chi connectivity index (χ1v) is 13.0. The molecule has 1 aromatic rings. The van der Waals surface area contributed by atoms with Crippen LogP contribution >= 0.6 is 41.5 Å². The average molecular weight is 561 g/mol. The van der Waals surface area contributed by atoms with Gasteiger partial charge in [-0.1, -0.05) is 53.6 Å². The van der Waals surface area contributed by atoms with E-state index in [1.54, 1.807) is 12.1 Å². The first kappa shape index (κ1) is 17.1. The molecule has 5 nitrogen and oxygen atoms in total. The molecule has 130 valence electrons. The normalized spacial score (nSPS) is 24.2. The van der Waals surface area contributed by atoms with Crippen LogP contribution in [0.2, 0.25) is 0 Å². The van der Waals surface area contributed by atoms with Crippen LogP contribution in [0, 0.1) is 0 Å². The molecule has 25 heavy (non-hydrogen) atoms. The predicted octanol–water partition coefficient (Wildman–Crippen LogP) is 3.51. The van der Waals surface area contributed by atoms with Crippen molar-refractivity contribution in [1.82, 2.24) is 5.32 Å². The van der Waals surface area contributed by atoms with Gasteiger partial charge < -0.3 is 10.6 Å². The van der Waals surface area contributed by atoms with Gasteiger partial charge in [0.05, 0.1) is 22.5 Å². The molecule has 0 bridgehead atoms. The summed E-state index contributed by atoms with van der Waals surface area (Å²) in [6, 6.07) is 4.06. The molecule has 2 amide bonds. The van der Waals surface area contributed by atoms with Crippen molar-refractivity contribution in [3.8, 4) is 0 Å². The Labute approximate surface area is 165 Å². The Balaban J connectivity index is 1.67. The van der Waals surface area contributed by atoms with Gasteiger partial charge in [0.15, 0.2) is 0 Å². The zero-order valence-corrected chi connectivity index (χ0v) is 17.6. The lowest BCUT2D eigenvalue weighted by Crippen LogP contribution is -2.22. The first-order valence-electron chi connectivity index (χ1n) is 7.98. The van der Waals surface area contributed by atoms with Crippen LogP contribution < -0.4 is 16.0 Å². The molecule has 0 radical (unpaired) electrons. The number of rotatable bonds is 4. The predicted molar refractivity (Wildman–Crippen MR) is 121 cm³/mol. The van der Waals surface area contributed by atoms with Crippen LogP contribution in [-0.2, 0) is 0 Å². The van der Waals surface area contributed by atoms with Crippen molar-refractivity contribution in [2.75, 3.05) is 10.6 Å². The van der Waals surface area contributed by atoms with Crippen LogP contribution in [0.1, 0.15) is 33.6 Å². The molecule has 0 saturated heterocycles. The minimum Gasteiger partial charge on any atom is -0.377 e. The lowest BCUT2D eigenvalue weighted by atomic mass is 10.0. The van der Waals surface area contributed by atoms with Gasteiger partial charge in [0, 0.05) is 12.1 Å². The van der Waals surface area contributed by atoms with Crippen LogP contribution in [0.4, 0.5) is 11.4 Å². The molecule has 3 aliphatic rings. The zero-order chi connectivity index (χ0) is 17.2. The van der Waals surface area contributed by atoms with Gasteiger partial charge in [0.1, 0.15) is 0 Å². The largest absolute Gasteiger partial charge is 0.377 e. The molecule has 3 N–H and O–H groups in total. The maximum Gasteiger partial charge on any atom is 0.259 e. The molecule has 7 heteroatoms. The molecule has 0 aromatic heterocycles. The smallest absolute Gasteiger partial charge is 0.259 e. The molecule has 2 atom stereocenters. The Morgan fingerprint density at radius 1 is 0.840 bits per heavy atom. The van der Waals surface area contributed by atoms with E-state index >= 15 is 0 Å². The van der Waals surface area contributed by atoms with E-state index in [-0.39, 0.29) is 65.4 Å². The third-order valence-electron chi connectivity index (χ3n) is 4.18. The van der Waals surface area contributed by atoms with Crippen molar-refractivity contribution >= 4 is 72.7 Å². The van der Waals surface area contributed by atoms with Crippen molar-refractivity contribution in [3.05, 3.63) is 43.6 Å². The van der Waals surface area contributed by atoms with Gasteiger partial charge >= 0.3 is 0 Å². The van der Waals surface area contributed by atoms with E-state index in [1.165, 1.54) is 0 Å². The number of amides is 2. The van der Waals surface area contributed by atoms with Crippen LogP contribution in [0.15, 0.2) is 32.5 Å². The van der Waals surface area contributed by atoms with E-state index in [9.17, 15) is 9.59 Å². The summed E-state index contributed by atoms with van der Waals surface area (Å²) in [6.07, 6.45) is 6.39. The Morgan fingerprint density at radius 3 is 1.72 bits per heavy atom. The fourth-order valence-corrected chi connectivity index (χ4v) is 6.63. The number of hydrogen-bond acceptors (Lipinski definition) is 4. The zero-order valence-electron chi connectivity index (χ0n) is 13.3. The van der Waals surface area contributed by atoms with E-state index in [4.69, 9.17) is 0 Å². The molecule has 1 aromatic carbocycles. The lowest BCUT2D eigenvalue weighted by molar-refractivity contribution is 0.0879. The highest BCUT2D eigenvalue weighted by molar-refractivity contribution is 14.2. The van der Waals surface area contributed by atoms with Crippen molar-refractivity contribution < 1.29 is 9.59 Å². The van der Waals surface area contributed by atoms with Gasteiger partial charge in [-0.3, -0.25) is 14.9 Å². The molecular weight excluding hydrogens is 544 g/mol. The Bertz CT molecular complexity index is 789. The van der Waals surface area contributed by atoms with Crippen LogP contribution in [0.3, 0.4) is 0 Å². The highest BCUT2D eigenvalue weighted by Crippen LogP contribution is 2.32. The van der Waals surface area contributed by atoms with Crippen LogP contribution in [0.5, 0.6) is 0 Å². The van der Waals surface area contributed by atoms with Crippen LogP contribution in [-0.4, -0.2) is 31.9 Å². The monoisotopic (exact) mass is 561 g/mol. The molecule has 3 heterocycles. The molecular formula is C18H17I2N3O2. The van der Waals surface area contributed by atoms with E-state index in [0.717, 1.165) is 24.2 Å². The standard InChI is InChI=1S/C18H17I2N3O2/c24-17-13-9-15(21-11-1-5-19-6-2-11)16(10-14(13)18(25)23-17)22-12-3-7-20-8-4-12/h1,3,5-12,21-22H,2,4H2,(H,23,24,25). The number of benzene rings is 1. The molecule has 0 fully saturated rings. The summed E-state index contributed by atoms with van der Waals surface area (Å²) in [5.74, 6) is -0.635. The van der Waals surface area contributed by atoms with E-state index in [2.05, 4.69) is 44.3 Å². The summed E-state index contributed by atoms with van der Waals surface area (Å²) in [4.78, 5) is 24.0. The van der Waals surface area contributed by atoms with Crippen molar-refractivity contribution in [2.45, 2.75) is 24.9 Å². The maximum absolute atomic E-state index is 12.0. The second-order valence-electron chi connectivity index (χ2n) is 5.90. The topological polar surface area (TPSA) is 70.2 Å². The number of halogens is 2. The second-order valence-corrected chi connectivity index (χ2v) is 10.5. The lowest BCUT2D eigenvalue weighted by Gasteiger charge is -2.23. The summed E-state index contributed by atoms with van der Waals surface area (Å²) < 4.78 is 9.18. The van der Waals surface area contributed by atoms with Gasteiger partial charge in [-0.05, 0) is 41.2 Å². The Morgan fingerprint density at radius 2 is 1.32 bits per heavy atom. The van der Waals surface area contributed by atoms with Crippen molar-refractivity contribution in [1.29, 1.82) is 0 Å². The quantitative estimate of drug-likeness (QED) is 0.389. The van der Waals surface area contributed by atoms with Crippen molar-refractivity contribution in [3.63, 3.8) is 0 Å². The van der Waals surface area contributed by atoms with Gasteiger partial charge in [0.2, 0.25) is 0 Å². The SMILES string of the molecule is O=C1NC(=O)c2cc(NC3C=CI=CC3)c(NC3C=CI=CC3)cc21. The minimum absolute atomic E-state index is 0.0903. The molecule has 0 spiro atoms. The molecule has 0 saturated carbocycles. The number of hydrogen-bond donors (Lipinski definition) is 3. The molecule has 2 unspecified atom stereocenters. The number of carbonyl (C=O) groups is 2. The highest BCUT2D eigenvalue weighted by atomic mass is 127. The third kappa shape index (κ3) is 3.76. The second kappa shape index (κ2) is 7.48. The minimum atomic E-state index is -0.318. The fraction of sp³-hybridized carbons (Fsp3) is 0.222. The first-order chi connectivity index (χ1) is 12.2.